The van der Waals surface area contributed by atoms with Crippen LogP contribution in [0.15, 0.2) is 11.6 Å². The van der Waals surface area contributed by atoms with Crippen LogP contribution in [0.5, 0.6) is 0 Å². The molecular formula is C23H34O5. The van der Waals surface area contributed by atoms with E-state index in [1.54, 1.807) is 6.08 Å². The first kappa shape index (κ1) is 19.1. The van der Waals surface area contributed by atoms with Crippen LogP contribution in [0.2, 0.25) is 0 Å². The molecule has 0 saturated heterocycles. The molecular weight excluding hydrogens is 356 g/mol. The highest BCUT2D eigenvalue weighted by atomic mass is 16.5. The first-order valence-electron chi connectivity index (χ1n) is 11.2. The number of carbonyl (C=O) groups excluding carboxylic acids is 1. The molecule has 5 nitrogen and oxygen atoms in total. The molecule has 5 rings (SSSR count). The second kappa shape index (κ2) is 6.05. The molecule has 3 N–H and O–H groups in total. The highest BCUT2D eigenvalue weighted by molar-refractivity contribution is 5.85. The van der Waals surface area contributed by atoms with E-state index in [9.17, 15) is 20.1 Å². The van der Waals surface area contributed by atoms with Crippen molar-refractivity contribution in [2.24, 2.45) is 34.5 Å². The van der Waals surface area contributed by atoms with Gasteiger partial charge in [-0.1, -0.05) is 13.8 Å². The molecule has 0 aromatic carbocycles. The summed E-state index contributed by atoms with van der Waals surface area (Å²) in [6, 6.07) is 0. The fraction of sp³-hybridized carbons (Fsp3) is 0.870. The standard InChI is InChI=1S/C23H34O5/c1-21-7-5-15(24)10-14(21)3-4-17-18(21)11-19(25)22(2)16(6-8-23(17,22)27)13-9-20(26)28-12-13/h9,14-19,24-25,27H,3-8,10-12H2,1-2H3/t14-,15+,16+,17+,18-,19-,21+,22+,23-/m0/s1. The van der Waals surface area contributed by atoms with Gasteiger partial charge in [0.1, 0.15) is 6.61 Å². The summed E-state index contributed by atoms with van der Waals surface area (Å²) in [5, 5.41) is 33.7. The van der Waals surface area contributed by atoms with Gasteiger partial charge in [0.2, 0.25) is 0 Å². The van der Waals surface area contributed by atoms with E-state index in [-0.39, 0.29) is 29.3 Å². The number of rotatable bonds is 1. The minimum absolute atomic E-state index is 0.00129. The molecule has 5 aliphatic rings. The predicted octanol–water partition coefficient (Wildman–Crippen LogP) is 2.58. The summed E-state index contributed by atoms with van der Waals surface area (Å²) < 4.78 is 5.16. The second-order valence-electron chi connectivity index (χ2n) is 10.8. The van der Waals surface area contributed by atoms with E-state index in [1.807, 2.05) is 6.92 Å². The Balaban J connectivity index is 1.51. The summed E-state index contributed by atoms with van der Waals surface area (Å²) in [5.74, 6) is 0.657. The van der Waals surface area contributed by atoms with Crippen LogP contribution in [-0.2, 0) is 9.53 Å². The van der Waals surface area contributed by atoms with E-state index in [1.165, 1.54) is 0 Å². The third kappa shape index (κ3) is 2.27. The van der Waals surface area contributed by atoms with Crippen molar-refractivity contribution in [1.82, 2.24) is 0 Å². The van der Waals surface area contributed by atoms with Crippen LogP contribution in [0.4, 0.5) is 0 Å². The topological polar surface area (TPSA) is 87.0 Å². The van der Waals surface area contributed by atoms with Crippen molar-refractivity contribution in [3.8, 4) is 0 Å². The molecule has 1 heterocycles. The Bertz CT molecular complexity index is 718. The Hall–Kier alpha value is -0.910. The number of aliphatic hydroxyl groups is 3. The van der Waals surface area contributed by atoms with Gasteiger partial charge in [-0.3, -0.25) is 0 Å². The molecule has 9 atom stereocenters. The maximum atomic E-state index is 12.1. The minimum Gasteiger partial charge on any atom is -0.458 e. The molecule has 4 fully saturated rings. The van der Waals surface area contributed by atoms with Crippen molar-refractivity contribution in [3.63, 3.8) is 0 Å². The highest BCUT2D eigenvalue weighted by Gasteiger charge is 2.70. The molecule has 0 bridgehead atoms. The summed E-state index contributed by atoms with van der Waals surface area (Å²) in [5.41, 5.74) is -0.507. The van der Waals surface area contributed by atoms with E-state index in [0.29, 0.717) is 31.3 Å². The number of cyclic esters (lactones) is 1. The Morgan fingerprint density at radius 1 is 1.04 bits per heavy atom. The fourth-order valence-corrected chi connectivity index (χ4v) is 8.37. The van der Waals surface area contributed by atoms with Crippen molar-refractivity contribution in [3.05, 3.63) is 11.6 Å². The van der Waals surface area contributed by atoms with Crippen LogP contribution in [0.1, 0.15) is 65.2 Å². The van der Waals surface area contributed by atoms with Gasteiger partial charge in [0.05, 0.1) is 17.8 Å². The average molecular weight is 391 g/mol. The van der Waals surface area contributed by atoms with Crippen LogP contribution in [0, 0.1) is 34.5 Å². The third-order valence-corrected chi connectivity index (χ3v) is 10.0. The highest BCUT2D eigenvalue weighted by Crippen LogP contribution is 2.69. The predicted molar refractivity (Wildman–Crippen MR) is 103 cm³/mol. The van der Waals surface area contributed by atoms with Gasteiger partial charge >= 0.3 is 5.97 Å². The molecule has 0 unspecified atom stereocenters. The van der Waals surface area contributed by atoms with E-state index < -0.39 is 17.1 Å². The first-order chi connectivity index (χ1) is 13.2. The van der Waals surface area contributed by atoms with Gasteiger partial charge in [-0.05, 0) is 86.0 Å². The minimum atomic E-state index is -0.906. The lowest BCUT2D eigenvalue weighted by Crippen LogP contribution is -2.67. The van der Waals surface area contributed by atoms with Gasteiger partial charge in [0.25, 0.3) is 0 Å². The van der Waals surface area contributed by atoms with Crippen LogP contribution in [0.25, 0.3) is 0 Å². The SMILES string of the molecule is C[C@@]12CC[C@@H](O)C[C@@H]1CC[C@@H]1[C@@H]2C[C@H](O)[C@@]2(C)[C@@H](C3=CC(=O)OC3)CC[C@]12O. The molecule has 0 amide bonds. The van der Waals surface area contributed by atoms with Gasteiger partial charge in [-0.25, -0.2) is 4.79 Å². The van der Waals surface area contributed by atoms with Crippen molar-refractivity contribution in [1.29, 1.82) is 0 Å². The number of carbonyl (C=O) groups is 1. The van der Waals surface area contributed by atoms with Crippen LogP contribution in [-0.4, -0.2) is 45.7 Å². The van der Waals surface area contributed by atoms with E-state index in [2.05, 4.69) is 6.92 Å². The molecule has 4 aliphatic carbocycles. The lowest BCUT2D eigenvalue weighted by atomic mass is 9.42. The molecule has 0 aromatic rings. The number of hydrogen-bond acceptors (Lipinski definition) is 5. The third-order valence-electron chi connectivity index (χ3n) is 10.0. The molecule has 0 spiro atoms. The summed E-state index contributed by atoms with van der Waals surface area (Å²) in [6.07, 6.45) is 7.69. The fourth-order valence-electron chi connectivity index (χ4n) is 8.37. The quantitative estimate of drug-likeness (QED) is 0.599. The molecule has 1 aliphatic heterocycles. The molecule has 5 heteroatoms. The number of ether oxygens (including phenoxy) is 1. The van der Waals surface area contributed by atoms with Crippen molar-refractivity contribution >= 4 is 5.97 Å². The summed E-state index contributed by atoms with van der Waals surface area (Å²) >= 11 is 0. The summed E-state index contributed by atoms with van der Waals surface area (Å²) in [6.45, 7) is 4.69. The first-order valence-corrected chi connectivity index (χ1v) is 11.2. The molecule has 0 radical (unpaired) electrons. The molecule has 0 aromatic heterocycles. The average Bonchev–Trinajstić information content (AvgIpc) is 3.19. The lowest BCUT2D eigenvalue weighted by Gasteiger charge is -2.64. The monoisotopic (exact) mass is 390 g/mol. The number of hydrogen-bond donors (Lipinski definition) is 3. The largest absolute Gasteiger partial charge is 0.458 e. The zero-order valence-corrected chi connectivity index (χ0v) is 17.1. The Morgan fingerprint density at radius 3 is 2.54 bits per heavy atom. The van der Waals surface area contributed by atoms with Gasteiger partial charge in [-0.15, -0.1) is 0 Å². The maximum Gasteiger partial charge on any atom is 0.331 e. The maximum absolute atomic E-state index is 12.1. The van der Waals surface area contributed by atoms with Crippen molar-refractivity contribution < 1.29 is 24.9 Å². The van der Waals surface area contributed by atoms with E-state index in [0.717, 1.165) is 44.1 Å². The smallest absolute Gasteiger partial charge is 0.331 e. The Morgan fingerprint density at radius 2 is 1.82 bits per heavy atom. The van der Waals surface area contributed by atoms with Crippen molar-refractivity contribution in [2.75, 3.05) is 6.61 Å². The lowest BCUT2D eigenvalue weighted by molar-refractivity contribution is -0.244. The molecule has 28 heavy (non-hydrogen) atoms. The number of aliphatic hydroxyl groups excluding tert-OH is 2. The second-order valence-corrected chi connectivity index (χ2v) is 10.8. The molecule has 4 saturated carbocycles. The Labute approximate surface area is 167 Å². The van der Waals surface area contributed by atoms with E-state index in [4.69, 9.17) is 4.74 Å². The van der Waals surface area contributed by atoms with Crippen LogP contribution >= 0.6 is 0 Å². The van der Waals surface area contributed by atoms with Gasteiger partial charge in [-0.2, -0.15) is 0 Å². The zero-order valence-electron chi connectivity index (χ0n) is 17.1. The van der Waals surface area contributed by atoms with Gasteiger partial charge < -0.3 is 20.1 Å². The van der Waals surface area contributed by atoms with Gasteiger partial charge in [0.15, 0.2) is 0 Å². The number of esters is 1. The Kier molecular flexibility index (Phi) is 4.12. The van der Waals surface area contributed by atoms with E-state index >= 15 is 0 Å². The normalized spacial score (nSPS) is 55.8. The van der Waals surface area contributed by atoms with Crippen LogP contribution < -0.4 is 0 Å². The summed E-state index contributed by atoms with van der Waals surface area (Å²) in [7, 11) is 0. The summed E-state index contributed by atoms with van der Waals surface area (Å²) in [4.78, 5) is 11.6. The number of fused-ring (bicyclic) bond motifs is 5. The molecule has 156 valence electrons. The van der Waals surface area contributed by atoms with Crippen molar-refractivity contribution in [2.45, 2.75) is 83.0 Å². The van der Waals surface area contributed by atoms with Gasteiger partial charge in [0, 0.05) is 11.5 Å². The van der Waals surface area contributed by atoms with Crippen LogP contribution in [0.3, 0.4) is 0 Å². The zero-order chi connectivity index (χ0) is 19.9.